The van der Waals surface area contributed by atoms with Crippen LogP contribution in [0, 0.1) is 6.92 Å². The van der Waals surface area contributed by atoms with Crippen molar-refractivity contribution < 1.29 is 14.6 Å². The van der Waals surface area contributed by atoms with Crippen molar-refractivity contribution in [1.29, 1.82) is 0 Å². The Morgan fingerprint density at radius 1 is 1.24 bits per heavy atom. The molecule has 132 valence electrons. The fourth-order valence-corrected chi connectivity index (χ4v) is 2.70. The summed E-state index contributed by atoms with van der Waals surface area (Å²) in [6, 6.07) is 15.7. The summed E-state index contributed by atoms with van der Waals surface area (Å²) in [6.45, 7) is 2.57. The van der Waals surface area contributed by atoms with Gasteiger partial charge in [-0.3, -0.25) is 4.79 Å². The summed E-state index contributed by atoms with van der Waals surface area (Å²) in [4.78, 5) is 12.1. The smallest absolute Gasteiger partial charge is 0.244 e. The predicted molar refractivity (Wildman–Crippen MR) is 101 cm³/mol. The Balaban J connectivity index is 1.98. The van der Waals surface area contributed by atoms with Crippen LogP contribution in [-0.4, -0.2) is 31.3 Å². The maximum atomic E-state index is 12.1. The highest BCUT2D eigenvalue weighted by molar-refractivity contribution is 5.92. The average Bonchev–Trinajstić information content (AvgIpc) is 2.64. The van der Waals surface area contributed by atoms with Crippen LogP contribution >= 0.6 is 0 Å². The van der Waals surface area contributed by atoms with E-state index in [0.717, 1.165) is 22.4 Å². The standard InChI is InChI=1S/C21H25NO3/c1-16-8-10-20(25-2)18(14-16)9-11-21(24)22-15-19(12-13-23)17-6-4-3-5-7-17/h3-11,14,19,23H,12-13,15H2,1-2H3,(H,22,24)/b11-9+. The van der Waals surface area contributed by atoms with E-state index in [1.54, 1.807) is 13.2 Å². The number of carbonyl (C=O) groups excluding carboxylic acids is 1. The lowest BCUT2D eigenvalue weighted by Gasteiger charge is -2.16. The van der Waals surface area contributed by atoms with Gasteiger partial charge in [0, 0.05) is 30.7 Å². The third kappa shape index (κ3) is 5.76. The number of nitrogens with one attached hydrogen (secondary N) is 1. The largest absolute Gasteiger partial charge is 0.496 e. The summed E-state index contributed by atoms with van der Waals surface area (Å²) < 4.78 is 5.31. The number of aliphatic hydroxyl groups is 1. The Bertz CT molecular complexity index is 710. The highest BCUT2D eigenvalue weighted by Crippen LogP contribution is 2.21. The molecular formula is C21H25NO3. The van der Waals surface area contributed by atoms with Crippen LogP contribution in [0.4, 0.5) is 0 Å². The van der Waals surface area contributed by atoms with E-state index in [1.807, 2.05) is 55.5 Å². The van der Waals surface area contributed by atoms with Crippen LogP contribution in [0.2, 0.25) is 0 Å². The second-order valence-corrected chi connectivity index (χ2v) is 5.94. The summed E-state index contributed by atoms with van der Waals surface area (Å²) in [7, 11) is 1.61. The fraction of sp³-hybridized carbons (Fsp3) is 0.286. The number of hydrogen-bond donors (Lipinski definition) is 2. The van der Waals surface area contributed by atoms with Gasteiger partial charge in [-0.2, -0.15) is 0 Å². The third-order valence-electron chi connectivity index (χ3n) is 4.07. The van der Waals surface area contributed by atoms with Crippen LogP contribution in [0.5, 0.6) is 5.75 Å². The number of ether oxygens (including phenoxy) is 1. The highest BCUT2D eigenvalue weighted by atomic mass is 16.5. The van der Waals surface area contributed by atoms with Gasteiger partial charge in [0.1, 0.15) is 5.75 Å². The van der Waals surface area contributed by atoms with Gasteiger partial charge in [-0.25, -0.2) is 0 Å². The first-order valence-electron chi connectivity index (χ1n) is 8.40. The minimum atomic E-state index is -0.164. The lowest BCUT2D eigenvalue weighted by atomic mass is 9.96. The Morgan fingerprint density at radius 3 is 2.68 bits per heavy atom. The zero-order chi connectivity index (χ0) is 18.1. The van der Waals surface area contributed by atoms with Crippen LogP contribution in [0.15, 0.2) is 54.6 Å². The van der Waals surface area contributed by atoms with Crippen LogP contribution in [-0.2, 0) is 4.79 Å². The number of benzene rings is 2. The van der Waals surface area contributed by atoms with Crippen molar-refractivity contribution in [2.75, 3.05) is 20.3 Å². The van der Waals surface area contributed by atoms with Gasteiger partial charge in [-0.1, -0.05) is 42.0 Å². The first-order chi connectivity index (χ1) is 12.1. The van der Waals surface area contributed by atoms with E-state index in [2.05, 4.69) is 5.32 Å². The van der Waals surface area contributed by atoms with E-state index >= 15 is 0 Å². The number of rotatable bonds is 8. The summed E-state index contributed by atoms with van der Waals surface area (Å²) in [5, 5.41) is 12.2. The zero-order valence-corrected chi connectivity index (χ0v) is 14.7. The zero-order valence-electron chi connectivity index (χ0n) is 14.7. The monoisotopic (exact) mass is 339 g/mol. The summed E-state index contributed by atoms with van der Waals surface area (Å²) in [5.74, 6) is 0.663. The summed E-state index contributed by atoms with van der Waals surface area (Å²) in [5.41, 5.74) is 3.08. The first-order valence-corrected chi connectivity index (χ1v) is 8.40. The molecule has 0 spiro atoms. The van der Waals surface area contributed by atoms with Gasteiger partial charge in [-0.05, 0) is 37.1 Å². The molecule has 25 heavy (non-hydrogen) atoms. The lowest BCUT2D eigenvalue weighted by Crippen LogP contribution is -2.27. The van der Waals surface area contributed by atoms with Gasteiger partial charge >= 0.3 is 0 Å². The molecule has 0 aliphatic carbocycles. The number of aliphatic hydroxyl groups excluding tert-OH is 1. The Hall–Kier alpha value is -2.59. The van der Waals surface area contributed by atoms with Crippen molar-refractivity contribution in [3.05, 3.63) is 71.3 Å². The molecule has 0 fully saturated rings. The number of hydrogen-bond acceptors (Lipinski definition) is 3. The second kappa shape index (κ2) is 9.64. The molecule has 2 rings (SSSR count). The molecule has 2 aromatic carbocycles. The normalized spacial score (nSPS) is 12.1. The summed E-state index contributed by atoms with van der Waals surface area (Å²) in [6.07, 6.45) is 3.88. The van der Waals surface area contributed by atoms with Crippen molar-refractivity contribution in [2.24, 2.45) is 0 Å². The van der Waals surface area contributed by atoms with E-state index in [-0.39, 0.29) is 18.4 Å². The van der Waals surface area contributed by atoms with Gasteiger partial charge in [0.15, 0.2) is 0 Å². The van der Waals surface area contributed by atoms with Gasteiger partial charge < -0.3 is 15.2 Å². The molecule has 4 nitrogen and oxygen atoms in total. The van der Waals surface area contributed by atoms with Crippen LogP contribution in [0.1, 0.15) is 29.0 Å². The molecule has 0 radical (unpaired) electrons. The molecule has 4 heteroatoms. The molecule has 0 aromatic heterocycles. The highest BCUT2D eigenvalue weighted by Gasteiger charge is 2.11. The van der Waals surface area contributed by atoms with E-state index in [1.165, 1.54) is 6.08 Å². The lowest BCUT2D eigenvalue weighted by molar-refractivity contribution is -0.116. The molecule has 2 N–H and O–H groups in total. The Kier molecular flexibility index (Phi) is 7.23. The van der Waals surface area contributed by atoms with Crippen LogP contribution in [0.3, 0.4) is 0 Å². The quantitative estimate of drug-likeness (QED) is 0.726. The van der Waals surface area contributed by atoms with E-state index in [9.17, 15) is 9.90 Å². The van der Waals surface area contributed by atoms with Crippen molar-refractivity contribution in [1.82, 2.24) is 5.32 Å². The topological polar surface area (TPSA) is 58.6 Å². The molecular weight excluding hydrogens is 314 g/mol. The minimum Gasteiger partial charge on any atom is -0.496 e. The molecule has 0 aliphatic heterocycles. The molecule has 0 saturated carbocycles. The molecule has 2 aromatic rings. The molecule has 0 bridgehead atoms. The van der Waals surface area contributed by atoms with Crippen molar-refractivity contribution in [2.45, 2.75) is 19.3 Å². The predicted octanol–water partition coefficient (Wildman–Crippen LogP) is 3.30. The fourth-order valence-electron chi connectivity index (χ4n) is 2.70. The number of carbonyl (C=O) groups is 1. The maximum Gasteiger partial charge on any atom is 0.244 e. The number of methoxy groups -OCH3 is 1. The SMILES string of the molecule is COc1ccc(C)cc1/C=C/C(=O)NCC(CCO)c1ccccc1. The molecule has 1 atom stereocenters. The number of aryl methyl sites for hydroxylation is 1. The van der Waals surface area contributed by atoms with Gasteiger partial charge in [-0.15, -0.1) is 0 Å². The first kappa shape index (κ1) is 18.7. The van der Waals surface area contributed by atoms with Gasteiger partial charge in [0.2, 0.25) is 5.91 Å². The molecule has 1 amide bonds. The van der Waals surface area contributed by atoms with Gasteiger partial charge in [0.05, 0.1) is 7.11 Å². The van der Waals surface area contributed by atoms with Gasteiger partial charge in [0.25, 0.3) is 0 Å². The van der Waals surface area contributed by atoms with Crippen LogP contribution in [0.25, 0.3) is 6.08 Å². The molecule has 0 heterocycles. The van der Waals surface area contributed by atoms with Crippen LogP contribution < -0.4 is 10.1 Å². The van der Waals surface area contributed by atoms with E-state index in [4.69, 9.17) is 4.74 Å². The summed E-state index contributed by atoms with van der Waals surface area (Å²) >= 11 is 0. The molecule has 0 saturated heterocycles. The second-order valence-electron chi connectivity index (χ2n) is 5.94. The average molecular weight is 339 g/mol. The molecule has 0 aliphatic rings. The molecule has 1 unspecified atom stereocenters. The third-order valence-corrected chi connectivity index (χ3v) is 4.07. The number of amides is 1. The van der Waals surface area contributed by atoms with E-state index < -0.39 is 0 Å². The van der Waals surface area contributed by atoms with E-state index in [0.29, 0.717) is 13.0 Å². The Morgan fingerprint density at radius 2 is 2.00 bits per heavy atom. The van der Waals surface area contributed by atoms with Crippen molar-refractivity contribution in [3.8, 4) is 5.75 Å². The van der Waals surface area contributed by atoms with Crippen molar-refractivity contribution >= 4 is 12.0 Å². The maximum absolute atomic E-state index is 12.1. The van der Waals surface area contributed by atoms with Crippen molar-refractivity contribution in [3.63, 3.8) is 0 Å². The Labute approximate surface area is 149 Å². The minimum absolute atomic E-state index is 0.0890.